The molecule has 0 aromatic carbocycles. The highest BCUT2D eigenvalue weighted by atomic mass is 16.5. The van der Waals surface area contributed by atoms with E-state index < -0.39 is 5.41 Å². The van der Waals surface area contributed by atoms with Crippen LogP contribution in [0.3, 0.4) is 0 Å². The average Bonchev–Trinajstić information content (AvgIpc) is 2.41. The molecule has 1 unspecified atom stereocenters. The van der Waals surface area contributed by atoms with Crippen molar-refractivity contribution < 1.29 is 14.3 Å². The van der Waals surface area contributed by atoms with E-state index in [4.69, 9.17) is 4.74 Å². The summed E-state index contributed by atoms with van der Waals surface area (Å²) in [4.78, 5) is 22.0. The molecule has 72 valence electrons. The highest BCUT2D eigenvalue weighted by Crippen LogP contribution is 2.41. The Labute approximate surface area is 77.8 Å². The molecule has 3 heteroatoms. The first-order valence-corrected chi connectivity index (χ1v) is 4.26. The van der Waals surface area contributed by atoms with Crippen LogP contribution in [0.1, 0.15) is 26.7 Å². The van der Waals surface area contributed by atoms with Gasteiger partial charge in [0.15, 0.2) is 0 Å². The molecule has 0 N–H and O–H groups in total. The summed E-state index contributed by atoms with van der Waals surface area (Å²) in [6.45, 7) is 3.72. The number of carbonyl (C=O) groups is 2. The third kappa shape index (κ3) is 1.64. The molecule has 0 aromatic heterocycles. The van der Waals surface area contributed by atoms with Crippen molar-refractivity contribution in [3.05, 3.63) is 11.1 Å². The number of esters is 1. The van der Waals surface area contributed by atoms with Crippen molar-refractivity contribution in [3.8, 4) is 0 Å². The Bertz CT molecular complexity index is 278. The fraction of sp³-hybridized carbons (Fsp3) is 0.600. The zero-order chi connectivity index (χ0) is 10.1. The molecule has 0 fully saturated rings. The van der Waals surface area contributed by atoms with E-state index in [0.717, 1.165) is 17.4 Å². The van der Waals surface area contributed by atoms with Crippen molar-refractivity contribution in [1.29, 1.82) is 0 Å². The van der Waals surface area contributed by atoms with E-state index >= 15 is 0 Å². The van der Waals surface area contributed by atoms with Crippen LogP contribution in [0.5, 0.6) is 0 Å². The van der Waals surface area contributed by atoms with Crippen LogP contribution in [0.2, 0.25) is 0 Å². The number of ether oxygens (including phenoxy) is 1. The smallest absolute Gasteiger partial charge is 0.312 e. The maximum Gasteiger partial charge on any atom is 0.312 e. The molecular weight excluding hydrogens is 168 g/mol. The van der Waals surface area contributed by atoms with Gasteiger partial charge in [-0.1, -0.05) is 5.57 Å². The molecule has 1 aliphatic carbocycles. The summed E-state index contributed by atoms with van der Waals surface area (Å²) >= 11 is 0. The largest absolute Gasteiger partial charge is 0.469 e. The second-order valence-electron chi connectivity index (χ2n) is 3.83. The van der Waals surface area contributed by atoms with E-state index in [9.17, 15) is 9.59 Å². The van der Waals surface area contributed by atoms with E-state index in [2.05, 4.69) is 0 Å². The van der Waals surface area contributed by atoms with Crippen molar-refractivity contribution in [1.82, 2.24) is 0 Å². The Kier molecular flexibility index (Phi) is 2.55. The van der Waals surface area contributed by atoms with E-state index in [1.807, 2.05) is 13.8 Å². The lowest BCUT2D eigenvalue weighted by Crippen LogP contribution is -2.26. The van der Waals surface area contributed by atoms with Gasteiger partial charge in [0.1, 0.15) is 6.29 Å². The molecule has 0 bridgehead atoms. The molecule has 0 aliphatic heterocycles. The van der Waals surface area contributed by atoms with E-state index in [-0.39, 0.29) is 5.97 Å². The zero-order valence-electron chi connectivity index (χ0n) is 8.22. The Hall–Kier alpha value is -1.12. The quantitative estimate of drug-likeness (QED) is 0.480. The van der Waals surface area contributed by atoms with Gasteiger partial charge in [0.2, 0.25) is 0 Å². The van der Waals surface area contributed by atoms with Gasteiger partial charge in [0, 0.05) is 0 Å². The van der Waals surface area contributed by atoms with Crippen molar-refractivity contribution in [2.24, 2.45) is 5.41 Å². The lowest BCUT2D eigenvalue weighted by Gasteiger charge is -2.20. The topological polar surface area (TPSA) is 43.4 Å². The zero-order valence-corrected chi connectivity index (χ0v) is 8.22. The number of allylic oxidation sites excluding steroid dienone is 2. The molecule has 1 aliphatic rings. The highest BCUT2D eigenvalue weighted by Gasteiger charge is 2.40. The van der Waals surface area contributed by atoms with E-state index in [0.29, 0.717) is 12.8 Å². The van der Waals surface area contributed by atoms with Crippen LogP contribution in [0, 0.1) is 5.41 Å². The Balaban J connectivity index is 2.82. The number of hydrogen-bond acceptors (Lipinski definition) is 3. The lowest BCUT2D eigenvalue weighted by molar-refractivity contribution is -0.151. The van der Waals surface area contributed by atoms with Crippen molar-refractivity contribution in [3.63, 3.8) is 0 Å². The molecule has 0 aromatic rings. The predicted molar refractivity (Wildman–Crippen MR) is 48.1 cm³/mol. The predicted octanol–water partition coefficient (Wildman–Crippen LogP) is 1.47. The standard InChI is InChI=1S/C10H14O3/c1-7-4-10(2,9(12)13-3)5-8(7)6-11/h6H,4-5H2,1-3H3. The Morgan fingerprint density at radius 1 is 1.54 bits per heavy atom. The van der Waals surface area contributed by atoms with Gasteiger partial charge in [-0.3, -0.25) is 9.59 Å². The van der Waals surface area contributed by atoms with Crippen LogP contribution in [0.4, 0.5) is 0 Å². The average molecular weight is 182 g/mol. The second-order valence-corrected chi connectivity index (χ2v) is 3.83. The number of rotatable bonds is 2. The first kappa shape index (κ1) is 9.96. The third-order valence-electron chi connectivity index (χ3n) is 2.60. The van der Waals surface area contributed by atoms with E-state index in [1.165, 1.54) is 7.11 Å². The molecule has 0 spiro atoms. The SMILES string of the molecule is COC(=O)C1(C)CC(C)=C(C=O)C1. The minimum absolute atomic E-state index is 0.233. The second kappa shape index (κ2) is 3.32. The number of aldehydes is 1. The normalized spacial score (nSPS) is 27.6. The molecule has 0 heterocycles. The molecule has 3 nitrogen and oxygen atoms in total. The van der Waals surface area contributed by atoms with Crippen LogP contribution in [0.25, 0.3) is 0 Å². The molecule has 13 heavy (non-hydrogen) atoms. The molecule has 0 saturated heterocycles. The van der Waals surface area contributed by atoms with Gasteiger partial charge in [0.05, 0.1) is 12.5 Å². The van der Waals surface area contributed by atoms with Gasteiger partial charge in [-0.2, -0.15) is 0 Å². The monoisotopic (exact) mass is 182 g/mol. The summed E-state index contributed by atoms with van der Waals surface area (Å²) in [6.07, 6.45) is 1.98. The molecule has 0 saturated carbocycles. The number of carbonyl (C=O) groups excluding carboxylic acids is 2. The van der Waals surface area contributed by atoms with Gasteiger partial charge in [0.25, 0.3) is 0 Å². The van der Waals surface area contributed by atoms with E-state index in [1.54, 1.807) is 0 Å². The third-order valence-corrected chi connectivity index (χ3v) is 2.60. The summed E-state index contributed by atoms with van der Waals surface area (Å²) in [6, 6.07) is 0. The maximum atomic E-state index is 11.4. The Morgan fingerprint density at radius 3 is 2.54 bits per heavy atom. The van der Waals surface area contributed by atoms with Gasteiger partial charge in [-0.25, -0.2) is 0 Å². The summed E-state index contributed by atoms with van der Waals surface area (Å²) in [7, 11) is 1.38. The fourth-order valence-electron chi connectivity index (χ4n) is 1.87. The molecule has 0 amide bonds. The minimum Gasteiger partial charge on any atom is -0.469 e. The van der Waals surface area contributed by atoms with Crippen LogP contribution in [0.15, 0.2) is 11.1 Å². The van der Waals surface area contributed by atoms with Gasteiger partial charge in [-0.15, -0.1) is 0 Å². The summed E-state index contributed by atoms with van der Waals surface area (Å²) in [5.41, 5.74) is 1.23. The van der Waals surface area contributed by atoms with Gasteiger partial charge < -0.3 is 4.74 Å². The molecule has 1 rings (SSSR count). The molecule has 0 radical (unpaired) electrons. The summed E-state index contributed by atoms with van der Waals surface area (Å²) in [5, 5.41) is 0. The molecular formula is C10H14O3. The van der Waals surface area contributed by atoms with Crippen LogP contribution < -0.4 is 0 Å². The number of hydrogen-bond donors (Lipinski definition) is 0. The lowest BCUT2D eigenvalue weighted by atomic mass is 9.86. The summed E-state index contributed by atoms with van der Waals surface area (Å²) < 4.78 is 4.70. The maximum absolute atomic E-state index is 11.4. The van der Waals surface area contributed by atoms with Crippen molar-refractivity contribution >= 4 is 12.3 Å². The van der Waals surface area contributed by atoms with Crippen LogP contribution >= 0.6 is 0 Å². The van der Waals surface area contributed by atoms with Crippen molar-refractivity contribution in [2.75, 3.05) is 7.11 Å². The van der Waals surface area contributed by atoms with Gasteiger partial charge in [-0.05, 0) is 32.3 Å². The summed E-state index contributed by atoms with van der Waals surface area (Å²) in [5.74, 6) is -0.233. The van der Waals surface area contributed by atoms with Crippen LogP contribution in [-0.4, -0.2) is 19.4 Å². The number of methoxy groups -OCH3 is 1. The first-order valence-electron chi connectivity index (χ1n) is 4.26. The fourth-order valence-corrected chi connectivity index (χ4v) is 1.87. The highest BCUT2D eigenvalue weighted by molar-refractivity contribution is 5.84. The first-order chi connectivity index (χ1) is 6.03. The van der Waals surface area contributed by atoms with Crippen molar-refractivity contribution in [2.45, 2.75) is 26.7 Å². The minimum atomic E-state index is -0.519. The van der Waals surface area contributed by atoms with Gasteiger partial charge >= 0.3 is 5.97 Å². The Morgan fingerprint density at radius 2 is 2.15 bits per heavy atom. The van der Waals surface area contributed by atoms with Crippen LogP contribution in [-0.2, 0) is 14.3 Å². The molecule has 1 atom stereocenters.